The Kier molecular flexibility index (Phi) is 9.80. The van der Waals surface area contributed by atoms with Gasteiger partial charge < -0.3 is 11.1 Å². The second kappa shape index (κ2) is 11.0. The maximum atomic E-state index is 12.3. The van der Waals surface area contributed by atoms with Crippen LogP contribution in [0.15, 0.2) is 30.3 Å². The number of nitrogens with two attached hydrogens (primary N) is 1. The van der Waals surface area contributed by atoms with Gasteiger partial charge in [-0.1, -0.05) is 36.8 Å². The van der Waals surface area contributed by atoms with Crippen LogP contribution in [-0.4, -0.2) is 36.5 Å². The molecular formula is C19H31Cl2N3O. The number of benzene rings is 1. The molecule has 3 rings (SSSR count). The smallest absolute Gasteiger partial charge is 0.220 e. The van der Waals surface area contributed by atoms with Crippen molar-refractivity contribution in [2.24, 2.45) is 11.7 Å². The summed E-state index contributed by atoms with van der Waals surface area (Å²) in [6.07, 6.45) is 6.44. The van der Waals surface area contributed by atoms with Crippen LogP contribution in [0.2, 0.25) is 0 Å². The lowest BCUT2D eigenvalue weighted by molar-refractivity contribution is -0.122. The van der Waals surface area contributed by atoms with Crippen molar-refractivity contribution >= 4 is 30.7 Å². The average molecular weight is 388 g/mol. The lowest BCUT2D eigenvalue weighted by Gasteiger charge is -2.28. The molecule has 3 N–H and O–H groups in total. The first kappa shape index (κ1) is 22.2. The number of amides is 1. The average Bonchev–Trinajstić information content (AvgIpc) is 3.22. The minimum absolute atomic E-state index is 0. The van der Waals surface area contributed by atoms with E-state index in [-0.39, 0.29) is 36.8 Å². The van der Waals surface area contributed by atoms with Crippen LogP contribution >= 0.6 is 24.8 Å². The molecule has 0 bridgehead atoms. The van der Waals surface area contributed by atoms with Crippen LogP contribution in [0.1, 0.15) is 50.1 Å². The number of carbonyl (C=O) groups excluding carboxylic acids is 1. The highest BCUT2D eigenvalue weighted by Gasteiger charge is 2.27. The molecule has 1 aliphatic carbocycles. The van der Waals surface area contributed by atoms with Gasteiger partial charge in [-0.2, -0.15) is 0 Å². The summed E-state index contributed by atoms with van der Waals surface area (Å²) in [6.45, 7) is 2.96. The van der Waals surface area contributed by atoms with Crippen molar-refractivity contribution in [3.63, 3.8) is 0 Å². The van der Waals surface area contributed by atoms with Gasteiger partial charge in [-0.05, 0) is 50.3 Å². The van der Waals surface area contributed by atoms with E-state index in [0.717, 1.165) is 25.9 Å². The van der Waals surface area contributed by atoms with Gasteiger partial charge in [0.2, 0.25) is 5.91 Å². The van der Waals surface area contributed by atoms with Gasteiger partial charge in [-0.3, -0.25) is 9.69 Å². The fourth-order valence-electron chi connectivity index (χ4n) is 4.03. The van der Waals surface area contributed by atoms with Gasteiger partial charge in [0, 0.05) is 19.0 Å². The van der Waals surface area contributed by atoms with Gasteiger partial charge in [0.05, 0.1) is 6.04 Å². The third-order valence-corrected chi connectivity index (χ3v) is 5.42. The van der Waals surface area contributed by atoms with E-state index >= 15 is 0 Å². The predicted molar refractivity (Wildman–Crippen MR) is 107 cm³/mol. The molecule has 2 aliphatic rings. The van der Waals surface area contributed by atoms with Crippen molar-refractivity contribution < 1.29 is 4.79 Å². The maximum Gasteiger partial charge on any atom is 0.220 e. The molecule has 2 fully saturated rings. The Balaban J connectivity index is 0.00000156. The van der Waals surface area contributed by atoms with E-state index < -0.39 is 0 Å². The molecule has 1 amide bonds. The number of halogens is 2. The lowest BCUT2D eigenvalue weighted by Crippen LogP contribution is -2.38. The summed E-state index contributed by atoms with van der Waals surface area (Å²) in [6, 6.07) is 11.0. The molecule has 1 aromatic carbocycles. The Morgan fingerprint density at radius 1 is 1.12 bits per heavy atom. The lowest BCUT2D eigenvalue weighted by atomic mass is 9.99. The molecule has 0 radical (unpaired) electrons. The van der Waals surface area contributed by atoms with E-state index in [9.17, 15) is 4.79 Å². The molecule has 1 heterocycles. The highest BCUT2D eigenvalue weighted by atomic mass is 35.5. The number of hydrogen-bond donors (Lipinski definition) is 2. The minimum Gasteiger partial charge on any atom is -0.354 e. The van der Waals surface area contributed by atoms with Crippen molar-refractivity contribution in [1.82, 2.24) is 10.2 Å². The summed E-state index contributed by atoms with van der Waals surface area (Å²) >= 11 is 0. The van der Waals surface area contributed by atoms with Crippen LogP contribution < -0.4 is 11.1 Å². The van der Waals surface area contributed by atoms with Gasteiger partial charge in [0.15, 0.2) is 0 Å². The summed E-state index contributed by atoms with van der Waals surface area (Å²) < 4.78 is 0. The molecule has 4 nitrogen and oxygen atoms in total. The molecule has 1 unspecified atom stereocenters. The van der Waals surface area contributed by atoms with Crippen LogP contribution in [0, 0.1) is 5.92 Å². The van der Waals surface area contributed by atoms with Gasteiger partial charge >= 0.3 is 0 Å². The molecule has 0 aromatic heterocycles. The summed E-state index contributed by atoms with van der Waals surface area (Å²) in [7, 11) is 0. The summed E-state index contributed by atoms with van der Waals surface area (Å²) in [5.74, 6) is 0.532. The Morgan fingerprint density at radius 2 is 1.80 bits per heavy atom. The standard InChI is InChI=1S/C19H29N3O.2ClH/c20-17-10-6-9-16(17)13-19(23)21-14-18(22-11-4-5-12-22)15-7-2-1-3-8-15;;/h1-3,7-8,16-18H,4-6,9-14,20H2,(H,21,23);2*1H/t16-,17+,18?;;/m0../s1. The van der Waals surface area contributed by atoms with Crippen molar-refractivity contribution in [3.8, 4) is 0 Å². The first-order chi connectivity index (χ1) is 11.2. The zero-order chi connectivity index (χ0) is 16.1. The summed E-state index contributed by atoms with van der Waals surface area (Å²) in [4.78, 5) is 14.8. The SMILES string of the molecule is Cl.Cl.N[C@@H]1CCC[C@H]1CC(=O)NCC(c1ccccc1)N1CCCC1. The molecular weight excluding hydrogens is 357 g/mol. The Hall–Kier alpha value is -0.810. The number of nitrogens with one attached hydrogen (secondary N) is 1. The van der Waals surface area contributed by atoms with Crippen molar-refractivity contribution in [2.45, 2.75) is 50.6 Å². The second-order valence-electron chi connectivity index (χ2n) is 7.03. The molecule has 0 spiro atoms. The van der Waals surface area contributed by atoms with Crippen molar-refractivity contribution in [2.75, 3.05) is 19.6 Å². The topological polar surface area (TPSA) is 58.4 Å². The van der Waals surface area contributed by atoms with E-state index in [1.54, 1.807) is 0 Å². The van der Waals surface area contributed by atoms with Crippen molar-refractivity contribution in [1.29, 1.82) is 0 Å². The molecule has 6 heteroatoms. The van der Waals surface area contributed by atoms with Crippen molar-refractivity contribution in [3.05, 3.63) is 35.9 Å². The van der Waals surface area contributed by atoms with E-state index in [0.29, 0.717) is 24.9 Å². The Labute approximate surface area is 163 Å². The van der Waals surface area contributed by atoms with Gasteiger partial charge in [0.25, 0.3) is 0 Å². The maximum absolute atomic E-state index is 12.3. The van der Waals surface area contributed by atoms with Crippen LogP contribution in [0.25, 0.3) is 0 Å². The third kappa shape index (κ3) is 6.14. The normalized spacial score (nSPS) is 24.2. The van der Waals surface area contributed by atoms with Crippen LogP contribution in [0.5, 0.6) is 0 Å². The largest absolute Gasteiger partial charge is 0.354 e. The monoisotopic (exact) mass is 387 g/mol. The van der Waals surface area contributed by atoms with Crippen LogP contribution in [0.3, 0.4) is 0 Å². The Bertz CT molecular complexity index is 509. The molecule has 25 heavy (non-hydrogen) atoms. The number of carbonyl (C=O) groups is 1. The highest BCUT2D eigenvalue weighted by molar-refractivity contribution is 5.85. The van der Waals surface area contributed by atoms with E-state index in [1.807, 2.05) is 6.07 Å². The quantitative estimate of drug-likeness (QED) is 0.786. The number of hydrogen-bond acceptors (Lipinski definition) is 3. The van der Waals surface area contributed by atoms with Crippen LogP contribution in [0.4, 0.5) is 0 Å². The molecule has 1 aliphatic heterocycles. The zero-order valence-electron chi connectivity index (χ0n) is 14.7. The molecule has 1 saturated carbocycles. The molecule has 142 valence electrons. The third-order valence-electron chi connectivity index (χ3n) is 5.42. The fourth-order valence-corrected chi connectivity index (χ4v) is 4.03. The predicted octanol–water partition coefficient (Wildman–Crippen LogP) is 3.30. The number of nitrogens with zero attached hydrogens (tertiary/aromatic N) is 1. The number of likely N-dealkylation sites (tertiary alicyclic amines) is 1. The Morgan fingerprint density at radius 3 is 2.40 bits per heavy atom. The van der Waals surface area contributed by atoms with Gasteiger partial charge in [0.1, 0.15) is 0 Å². The summed E-state index contributed by atoms with van der Waals surface area (Å²) in [5, 5.41) is 3.17. The minimum atomic E-state index is 0. The highest BCUT2D eigenvalue weighted by Crippen LogP contribution is 2.27. The van der Waals surface area contributed by atoms with E-state index in [2.05, 4.69) is 34.5 Å². The van der Waals surface area contributed by atoms with E-state index in [1.165, 1.54) is 24.8 Å². The zero-order valence-corrected chi connectivity index (χ0v) is 16.4. The summed E-state index contributed by atoms with van der Waals surface area (Å²) in [5.41, 5.74) is 7.38. The van der Waals surface area contributed by atoms with Crippen LogP contribution in [-0.2, 0) is 4.79 Å². The fraction of sp³-hybridized carbons (Fsp3) is 0.632. The first-order valence-corrected chi connectivity index (χ1v) is 9.05. The first-order valence-electron chi connectivity index (χ1n) is 9.05. The second-order valence-corrected chi connectivity index (χ2v) is 7.03. The number of rotatable bonds is 6. The van der Waals surface area contributed by atoms with E-state index in [4.69, 9.17) is 5.73 Å². The molecule has 1 saturated heterocycles. The molecule has 3 atom stereocenters. The van der Waals surface area contributed by atoms with Gasteiger partial charge in [-0.15, -0.1) is 24.8 Å². The molecule has 1 aromatic rings. The van der Waals surface area contributed by atoms with Gasteiger partial charge in [-0.25, -0.2) is 0 Å².